The van der Waals surface area contributed by atoms with E-state index in [0.717, 1.165) is 0 Å². The van der Waals surface area contributed by atoms with Gasteiger partial charge in [0.25, 0.3) is 11.6 Å². The van der Waals surface area contributed by atoms with E-state index in [4.69, 9.17) is 5.73 Å². The fourth-order valence-corrected chi connectivity index (χ4v) is 0.654. The highest BCUT2D eigenvalue weighted by molar-refractivity contribution is 5.07. The third kappa shape index (κ3) is 1.56. The monoisotopic (exact) mass is 155 g/mol. The van der Waals surface area contributed by atoms with E-state index in [1.54, 1.807) is 0 Å². The van der Waals surface area contributed by atoms with Crippen LogP contribution in [0.2, 0.25) is 0 Å². The number of nitrogens with two attached hydrogens (primary N) is 1. The summed E-state index contributed by atoms with van der Waals surface area (Å²) in [6.07, 6.45) is 1.40. The van der Waals surface area contributed by atoms with Gasteiger partial charge in [-0.25, -0.2) is 4.98 Å². The van der Waals surface area contributed by atoms with Crippen LogP contribution in [-0.2, 0) is 6.54 Å². The molecule has 0 atom stereocenters. The van der Waals surface area contributed by atoms with Crippen LogP contribution < -0.4 is 16.0 Å². The number of nitrogens with one attached hydrogen (secondary N) is 1. The summed E-state index contributed by atoms with van der Waals surface area (Å²) in [5, 5.41) is 0. The van der Waals surface area contributed by atoms with Crippen molar-refractivity contribution in [2.75, 3.05) is 7.11 Å². The lowest BCUT2D eigenvalue weighted by atomic mass is 10.3. The van der Waals surface area contributed by atoms with Crippen molar-refractivity contribution in [1.82, 2.24) is 9.97 Å². The Bertz CT molecular complexity index is 294. The second-order valence-electron chi connectivity index (χ2n) is 1.95. The van der Waals surface area contributed by atoms with Gasteiger partial charge in [0.05, 0.1) is 7.11 Å². The molecule has 1 aromatic heterocycles. The zero-order valence-electron chi connectivity index (χ0n) is 6.13. The molecule has 0 aromatic carbocycles. The van der Waals surface area contributed by atoms with Crippen molar-refractivity contribution in [3.63, 3.8) is 0 Å². The van der Waals surface area contributed by atoms with Crippen LogP contribution in [0.15, 0.2) is 11.0 Å². The maximum Gasteiger partial charge on any atom is 0.296 e. The Morgan fingerprint density at radius 1 is 1.82 bits per heavy atom. The van der Waals surface area contributed by atoms with Gasteiger partial charge in [-0.1, -0.05) is 0 Å². The molecule has 1 aromatic rings. The highest BCUT2D eigenvalue weighted by Crippen LogP contribution is 1.94. The molecule has 0 spiro atoms. The Kier molecular flexibility index (Phi) is 2.22. The fourth-order valence-electron chi connectivity index (χ4n) is 0.654. The van der Waals surface area contributed by atoms with E-state index in [0.29, 0.717) is 5.56 Å². The van der Waals surface area contributed by atoms with Crippen molar-refractivity contribution in [1.29, 1.82) is 0 Å². The molecule has 3 N–H and O–H groups in total. The van der Waals surface area contributed by atoms with Gasteiger partial charge in [-0.2, -0.15) is 0 Å². The number of ether oxygens (including phenoxy) is 1. The number of rotatable bonds is 2. The third-order valence-corrected chi connectivity index (χ3v) is 1.26. The zero-order valence-corrected chi connectivity index (χ0v) is 6.13. The average molecular weight is 155 g/mol. The highest BCUT2D eigenvalue weighted by atomic mass is 16.5. The normalized spacial score (nSPS) is 9.64. The van der Waals surface area contributed by atoms with Crippen LogP contribution in [0.25, 0.3) is 0 Å². The summed E-state index contributed by atoms with van der Waals surface area (Å²) >= 11 is 0. The number of hydrogen-bond acceptors (Lipinski definition) is 4. The molecule has 0 radical (unpaired) electrons. The number of H-pyrrole nitrogens is 1. The van der Waals surface area contributed by atoms with Crippen molar-refractivity contribution in [2.24, 2.45) is 5.73 Å². The average Bonchev–Trinajstić information content (AvgIpc) is 2.04. The highest BCUT2D eigenvalue weighted by Gasteiger charge is 1.98. The van der Waals surface area contributed by atoms with Gasteiger partial charge < -0.3 is 10.5 Å². The molecule has 60 valence electrons. The number of aromatic amines is 1. The first-order valence-corrected chi connectivity index (χ1v) is 3.10. The molecule has 0 unspecified atom stereocenters. The van der Waals surface area contributed by atoms with Gasteiger partial charge in [-0.05, 0) is 0 Å². The first-order valence-electron chi connectivity index (χ1n) is 3.10. The van der Waals surface area contributed by atoms with Gasteiger partial charge >= 0.3 is 0 Å². The predicted molar refractivity (Wildman–Crippen MR) is 39.3 cm³/mol. The molecule has 0 fully saturated rings. The maximum absolute atomic E-state index is 11.0. The van der Waals surface area contributed by atoms with Gasteiger partial charge in [0.15, 0.2) is 0 Å². The van der Waals surface area contributed by atoms with Crippen molar-refractivity contribution in [3.05, 3.63) is 22.1 Å². The van der Waals surface area contributed by atoms with Gasteiger partial charge in [0.1, 0.15) is 0 Å². The number of aromatic nitrogens is 2. The van der Waals surface area contributed by atoms with E-state index in [1.807, 2.05) is 0 Å². The van der Waals surface area contributed by atoms with Gasteiger partial charge in [0, 0.05) is 18.3 Å². The van der Waals surface area contributed by atoms with Gasteiger partial charge in [-0.3, -0.25) is 9.78 Å². The van der Waals surface area contributed by atoms with Crippen LogP contribution in [0.3, 0.4) is 0 Å². The molecule has 0 bridgehead atoms. The lowest BCUT2D eigenvalue weighted by Crippen LogP contribution is -2.17. The van der Waals surface area contributed by atoms with Crippen LogP contribution in [0.5, 0.6) is 6.01 Å². The lowest BCUT2D eigenvalue weighted by molar-refractivity contribution is 0.377. The van der Waals surface area contributed by atoms with Crippen LogP contribution in [0.4, 0.5) is 0 Å². The van der Waals surface area contributed by atoms with E-state index in [1.165, 1.54) is 13.3 Å². The van der Waals surface area contributed by atoms with Crippen LogP contribution in [0, 0.1) is 0 Å². The third-order valence-electron chi connectivity index (χ3n) is 1.26. The Hall–Kier alpha value is -1.36. The summed E-state index contributed by atoms with van der Waals surface area (Å²) in [6.45, 7) is 0.187. The summed E-state index contributed by atoms with van der Waals surface area (Å²) in [7, 11) is 1.43. The Labute approximate surface area is 63.2 Å². The topological polar surface area (TPSA) is 81.0 Å². The van der Waals surface area contributed by atoms with Crippen molar-refractivity contribution < 1.29 is 4.74 Å². The minimum Gasteiger partial charge on any atom is -0.468 e. The first-order chi connectivity index (χ1) is 5.27. The first kappa shape index (κ1) is 7.74. The Morgan fingerprint density at radius 2 is 2.55 bits per heavy atom. The predicted octanol–water partition coefficient (Wildman–Crippen LogP) is -0.763. The molecule has 0 aliphatic carbocycles. The summed E-state index contributed by atoms with van der Waals surface area (Å²) in [5.74, 6) is 0. The van der Waals surface area contributed by atoms with Gasteiger partial charge in [0.2, 0.25) is 0 Å². The molecule has 0 amide bonds. The molecule has 1 rings (SSSR count). The minimum atomic E-state index is -0.251. The van der Waals surface area contributed by atoms with Gasteiger partial charge in [-0.15, -0.1) is 0 Å². The van der Waals surface area contributed by atoms with Crippen molar-refractivity contribution in [2.45, 2.75) is 6.54 Å². The summed E-state index contributed by atoms with van der Waals surface area (Å²) in [6, 6.07) is 0.201. The molecule has 1 heterocycles. The molecule has 5 heteroatoms. The van der Waals surface area contributed by atoms with Crippen molar-refractivity contribution in [3.8, 4) is 6.01 Å². The second-order valence-corrected chi connectivity index (χ2v) is 1.95. The Morgan fingerprint density at radius 3 is 3.00 bits per heavy atom. The van der Waals surface area contributed by atoms with E-state index in [2.05, 4.69) is 14.7 Å². The molecule has 0 saturated heterocycles. The maximum atomic E-state index is 11.0. The number of methoxy groups -OCH3 is 1. The quantitative estimate of drug-likeness (QED) is 0.588. The molecular formula is C6H9N3O2. The molecule has 11 heavy (non-hydrogen) atoms. The zero-order chi connectivity index (χ0) is 8.27. The van der Waals surface area contributed by atoms with Crippen LogP contribution in [-0.4, -0.2) is 17.1 Å². The van der Waals surface area contributed by atoms with E-state index in [9.17, 15) is 4.79 Å². The minimum absolute atomic E-state index is 0.187. The lowest BCUT2D eigenvalue weighted by Gasteiger charge is -1.97. The standard InChI is InChI=1S/C6H9N3O2/c1-11-6-8-3-4(2-7)5(10)9-6/h3H,2,7H2,1H3,(H,8,9,10). The van der Waals surface area contributed by atoms with Crippen LogP contribution in [0.1, 0.15) is 5.56 Å². The van der Waals surface area contributed by atoms with Crippen LogP contribution >= 0.6 is 0 Å². The summed E-state index contributed by atoms with van der Waals surface area (Å²) < 4.78 is 4.69. The smallest absolute Gasteiger partial charge is 0.296 e. The molecule has 0 aliphatic rings. The number of nitrogens with zero attached hydrogens (tertiary/aromatic N) is 1. The largest absolute Gasteiger partial charge is 0.468 e. The molecule has 0 saturated carbocycles. The van der Waals surface area contributed by atoms with E-state index in [-0.39, 0.29) is 18.1 Å². The summed E-state index contributed by atoms with van der Waals surface area (Å²) in [4.78, 5) is 17.2. The van der Waals surface area contributed by atoms with E-state index < -0.39 is 0 Å². The number of hydrogen-bond donors (Lipinski definition) is 2. The SMILES string of the molecule is COc1ncc(CN)c(=O)[nH]1. The Balaban J connectivity index is 3.10. The molecular weight excluding hydrogens is 146 g/mol. The van der Waals surface area contributed by atoms with E-state index >= 15 is 0 Å². The fraction of sp³-hybridized carbons (Fsp3) is 0.333. The molecule has 5 nitrogen and oxygen atoms in total. The molecule has 0 aliphatic heterocycles. The van der Waals surface area contributed by atoms with Crippen molar-refractivity contribution >= 4 is 0 Å². The summed E-state index contributed by atoms with van der Waals surface area (Å²) in [5.41, 5.74) is 5.44. The second kappa shape index (κ2) is 3.16.